The van der Waals surface area contributed by atoms with Gasteiger partial charge in [-0.25, -0.2) is 8.42 Å². The maximum absolute atomic E-state index is 12.0. The first-order chi connectivity index (χ1) is 7.22. The molecule has 0 unspecified atom stereocenters. The fourth-order valence-electron chi connectivity index (χ4n) is 2.23. The molecule has 96 valence electrons. The Hall–Kier alpha value is 0.240. The third kappa shape index (κ3) is 3.13. The van der Waals surface area contributed by atoms with E-state index < -0.39 is 14.6 Å². The Morgan fingerprint density at radius 1 is 1.19 bits per heavy atom. The minimum atomic E-state index is -2.99. The molecular weight excluding hydrogens is 244 g/mol. The Morgan fingerprint density at radius 2 is 1.69 bits per heavy atom. The van der Waals surface area contributed by atoms with Gasteiger partial charge in [-0.05, 0) is 45.4 Å². The summed E-state index contributed by atoms with van der Waals surface area (Å²) >= 11 is 6.01. The van der Waals surface area contributed by atoms with Gasteiger partial charge in [-0.1, -0.05) is 12.8 Å². The average molecular weight is 267 g/mol. The largest absolute Gasteiger partial charge is 0.228 e. The third-order valence-corrected chi connectivity index (χ3v) is 6.96. The quantitative estimate of drug-likeness (QED) is 0.731. The van der Waals surface area contributed by atoms with Gasteiger partial charge < -0.3 is 0 Å². The van der Waals surface area contributed by atoms with E-state index in [1.165, 1.54) is 12.8 Å². The number of hydrogen-bond acceptors (Lipinski definition) is 2. The van der Waals surface area contributed by atoms with Crippen molar-refractivity contribution in [2.75, 3.05) is 11.6 Å². The van der Waals surface area contributed by atoms with Gasteiger partial charge in [0.15, 0.2) is 9.84 Å². The van der Waals surface area contributed by atoms with Crippen molar-refractivity contribution in [2.24, 2.45) is 5.41 Å². The van der Waals surface area contributed by atoms with Crippen molar-refractivity contribution >= 4 is 21.4 Å². The fourth-order valence-corrected chi connectivity index (χ4v) is 3.95. The minimum Gasteiger partial charge on any atom is -0.228 e. The Labute approximate surface area is 105 Å². The zero-order chi connectivity index (χ0) is 12.4. The standard InChI is InChI=1S/C12H23ClO2S/c1-11(2,3)16(14,15)9-8-12(10-13)6-4-5-7-12/h4-10H2,1-3H3. The van der Waals surface area contributed by atoms with Gasteiger partial charge in [-0.2, -0.15) is 0 Å². The second-order valence-electron chi connectivity index (χ2n) is 6.02. The molecule has 4 heteroatoms. The van der Waals surface area contributed by atoms with Crippen molar-refractivity contribution in [3.63, 3.8) is 0 Å². The van der Waals surface area contributed by atoms with Crippen LogP contribution in [0.4, 0.5) is 0 Å². The fraction of sp³-hybridized carbons (Fsp3) is 1.00. The molecule has 2 nitrogen and oxygen atoms in total. The molecule has 0 saturated heterocycles. The van der Waals surface area contributed by atoms with Crippen LogP contribution >= 0.6 is 11.6 Å². The van der Waals surface area contributed by atoms with Crippen LogP contribution in [0.25, 0.3) is 0 Å². The molecule has 1 saturated carbocycles. The summed E-state index contributed by atoms with van der Waals surface area (Å²) in [6.07, 6.45) is 5.31. The van der Waals surface area contributed by atoms with Crippen LogP contribution in [0.1, 0.15) is 52.9 Å². The molecule has 0 spiro atoms. The Balaban J connectivity index is 2.64. The van der Waals surface area contributed by atoms with Crippen LogP contribution in [0.15, 0.2) is 0 Å². The van der Waals surface area contributed by atoms with E-state index in [-0.39, 0.29) is 11.2 Å². The molecule has 16 heavy (non-hydrogen) atoms. The van der Waals surface area contributed by atoms with Crippen molar-refractivity contribution in [3.05, 3.63) is 0 Å². The highest BCUT2D eigenvalue weighted by atomic mass is 35.5. The summed E-state index contributed by atoms with van der Waals surface area (Å²) in [5.41, 5.74) is 0.0971. The topological polar surface area (TPSA) is 34.1 Å². The van der Waals surface area contributed by atoms with E-state index in [2.05, 4.69) is 0 Å². The summed E-state index contributed by atoms with van der Waals surface area (Å²) in [6.45, 7) is 5.30. The predicted molar refractivity (Wildman–Crippen MR) is 69.8 cm³/mol. The van der Waals surface area contributed by atoms with E-state index in [4.69, 9.17) is 11.6 Å². The molecule has 0 heterocycles. The molecule has 0 aliphatic heterocycles. The smallest absolute Gasteiger partial charge is 0.155 e. The first kappa shape index (κ1) is 14.3. The van der Waals surface area contributed by atoms with Crippen LogP contribution in [0.2, 0.25) is 0 Å². The van der Waals surface area contributed by atoms with Crippen LogP contribution in [-0.4, -0.2) is 24.8 Å². The zero-order valence-electron chi connectivity index (χ0n) is 10.6. The van der Waals surface area contributed by atoms with Gasteiger partial charge in [-0.3, -0.25) is 0 Å². The highest BCUT2D eigenvalue weighted by molar-refractivity contribution is 7.92. The van der Waals surface area contributed by atoms with Gasteiger partial charge in [0.05, 0.1) is 10.5 Å². The molecule has 1 aliphatic carbocycles. The van der Waals surface area contributed by atoms with E-state index in [1.807, 2.05) is 0 Å². The van der Waals surface area contributed by atoms with Crippen LogP contribution in [0.3, 0.4) is 0 Å². The molecule has 0 amide bonds. The Bertz CT molecular complexity index is 321. The number of hydrogen-bond donors (Lipinski definition) is 0. The van der Waals surface area contributed by atoms with Gasteiger partial charge >= 0.3 is 0 Å². The molecule has 0 aromatic carbocycles. The van der Waals surface area contributed by atoms with E-state index >= 15 is 0 Å². The summed E-state index contributed by atoms with van der Waals surface area (Å²) in [4.78, 5) is 0. The van der Waals surface area contributed by atoms with E-state index in [1.54, 1.807) is 20.8 Å². The van der Waals surface area contributed by atoms with Crippen molar-refractivity contribution in [1.29, 1.82) is 0 Å². The van der Waals surface area contributed by atoms with Gasteiger partial charge in [0.2, 0.25) is 0 Å². The average Bonchev–Trinajstić information content (AvgIpc) is 2.62. The van der Waals surface area contributed by atoms with E-state index in [0.29, 0.717) is 5.88 Å². The van der Waals surface area contributed by atoms with Gasteiger partial charge in [0, 0.05) is 5.88 Å². The van der Waals surface area contributed by atoms with E-state index in [9.17, 15) is 8.42 Å². The number of halogens is 1. The second kappa shape index (κ2) is 4.85. The number of alkyl halides is 1. The lowest BCUT2D eigenvalue weighted by atomic mass is 9.86. The molecule has 0 radical (unpaired) electrons. The monoisotopic (exact) mass is 266 g/mol. The molecular formula is C12H23ClO2S. The second-order valence-corrected chi connectivity index (χ2v) is 9.15. The Kier molecular flexibility index (Phi) is 4.34. The van der Waals surface area contributed by atoms with Crippen LogP contribution in [-0.2, 0) is 9.84 Å². The van der Waals surface area contributed by atoms with Crippen LogP contribution in [0, 0.1) is 5.41 Å². The molecule has 0 aromatic rings. The van der Waals surface area contributed by atoms with Crippen molar-refractivity contribution < 1.29 is 8.42 Å². The summed E-state index contributed by atoms with van der Waals surface area (Å²) < 4.78 is 23.4. The highest BCUT2D eigenvalue weighted by Gasteiger charge is 2.36. The predicted octanol–water partition coefficient (Wildman–Crippen LogP) is 3.39. The summed E-state index contributed by atoms with van der Waals surface area (Å²) in [5, 5.41) is 0. The van der Waals surface area contributed by atoms with Crippen molar-refractivity contribution in [2.45, 2.75) is 57.6 Å². The lowest BCUT2D eigenvalue weighted by Gasteiger charge is -2.28. The maximum Gasteiger partial charge on any atom is 0.155 e. The highest BCUT2D eigenvalue weighted by Crippen LogP contribution is 2.42. The molecule has 0 N–H and O–H groups in total. The van der Waals surface area contributed by atoms with Crippen LogP contribution < -0.4 is 0 Å². The first-order valence-corrected chi connectivity index (χ1v) is 8.19. The Morgan fingerprint density at radius 3 is 2.06 bits per heavy atom. The lowest BCUT2D eigenvalue weighted by Crippen LogP contribution is -2.33. The maximum atomic E-state index is 12.0. The normalized spacial score (nSPS) is 21.2. The molecule has 1 fully saturated rings. The number of sulfone groups is 1. The molecule has 0 aromatic heterocycles. The molecule has 0 atom stereocenters. The lowest BCUT2D eigenvalue weighted by molar-refractivity contribution is 0.329. The third-order valence-electron chi connectivity index (χ3n) is 3.78. The summed E-state index contributed by atoms with van der Waals surface area (Å²) in [7, 11) is -2.99. The zero-order valence-corrected chi connectivity index (χ0v) is 12.1. The van der Waals surface area contributed by atoms with Gasteiger partial charge in [0.25, 0.3) is 0 Å². The number of rotatable bonds is 4. The summed E-state index contributed by atoms with van der Waals surface area (Å²) in [6, 6.07) is 0. The minimum absolute atomic E-state index is 0.0971. The first-order valence-electron chi connectivity index (χ1n) is 6.01. The van der Waals surface area contributed by atoms with Gasteiger partial charge in [0.1, 0.15) is 0 Å². The molecule has 0 bridgehead atoms. The summed E-state index contributed by atoms with van der Waals surface area (Å²) in [5.74, 6) is 0.885. The van der Waals surface area contributed by atoms with Gasteiger partial charge in [-0.15, -0.1) is 11.6 Å². The SMILES string of the molecule is CC(C)(C)S(=O)(=O)CCC1(CCl)CCCC1. The van der Waals surface area contributed by atoms with Crippen LogP contribution in [0.5, 0.6) is 0 Å². The molecule has 1 rings (SSSR count). The molecule has 1 aliphatic rings. The van der Waals surface area contributed by atoms with E-state index in [0.717, 1.165) is 19.3 Å². The van der Waals surface area contributed by atoms with Crippen molar-refractivity contribution in [3.8, 4) is 0 Å². The van der Waals surface area contributed by atoms with Crippen molar-refractivity contribution in [1.82, 2.24) is 0 Å².